The summed E-state index contributed by atoms with van der Waals surface area (Å²) in [4.78, 5) is 15.0. The fourth-order valence-corrected chi connectivity index (χ4v) is 2.96. The van der Waals surface area contributed by atoms with Gasteiger partial charge in [0.25, 0.3) is 5.91 Å². The minimum Gasteiger partial charge on any atom is -0.322 e. The average Bonchev–Trinajstić information content (AvgIpc) is 2.57. The summed E-state index contributed by atoms with van der Waals surface area (Å²) < 4.78 is 0. The van der Waals surface area contributed by atoms with Crippen molar-refractivity contribution in [2.24, 2.45) is 0 Å². The van der Waals surface area contributed by atoms with Crippen LogP contribution in [0, 0.1) is 0 Å². The summed E-state index contributed by atoms with van der Waals surface area (Å²) in [6.45, 7) is 3.13. The summed E-state index contributed by atoms with van der Waals surface area (Å²) in [6.07, 6.45) is 3.85. The Morgan fingerprint density at radius 3 is 2.36 bits per heavy atom. The molecule has 0 saturated carbocycles. The molecule has 22 heavy (non-hydrogen) atoms. The summed E-state index contributed by atoms with van der Waals surface area (Å²) in [5, 5.41) is 2.98. The topological polar surface area (TPSA) is 32.3 Å². The molecule has 0 atom stereocenters. The van der Waals surface area contributed by atoms with E-state index in [0.29, 0.717) is 0 Å². The van der Waals surface area contributed by atoms with Gasteiger partial charge in [0.05, 0.1) is 0 Å². The van der Waals surface area contributed by atoms with Gasteiger partial charge >= 0.3 is 0 Å². The maximum absolute atomic E-state index is 12.5. The van der Waals surface area contributed by atoms with E-state index < -0.39 is 0 Å². The molecule has 0 spiro atoms. The van der Waals surface area contributed by atoms with Crippen molar-refractivity contribution in [1.82, 2.24) is 4.90 Å². The molecule has 114 valence electrons. The molecule has 1 heterocycles. The molecule has 1 aliphatic rings. The molecule has 3 heteroatoms. The Labute approximate surface area is 132 Å². The second-order valence-electron chi connectivity index (χ2n) is 5.81. The highest BCUT2D eigenvalue weighted by molar-refractivity contribution is 6.05. The van der Waals surface area contributed by atoms with Crippen molar-refractivity contribution in [1.29, 1.82) is 0 Å². The zero-order valence-electron chi connectivity index (χ0n) is 12.8. The molecular weight excluding hydrogens is 272 g/mol. The van der Waals surface area contributed by atoms with Crippen LogP contribution in [0.2, 0.25) is 0 Å². The highest BCUT2D eigenvalue weighted by atomic mass is 16.1. The van der Waals surface area contributed by atoms with Crippen molar-refractivity contribution in [2.75, 3.05) is 18.4 Å². The normalized spacial score (nSPS) is 15.5. The minimum absolute atomic E-state index is 0.0289. The molecule has 0 aliphatic carbocycles. The van der Waals surface area contributed by atoms with Crippen LogP contribution in [0.3, 0.4) is 0 Å². The van der Waals surface area contributed by atoms with Crippen molar-refractivity contribution >= 4 is 11.6 Å². The van der Waals surface area contributed by atoms with Gasteiger partial charge in [-0.25, -0.2) is 0 Å². The van der Waals surface area contributed by atoms with Gasteiger partial charge in [-0.3, -0.25) is 9.69 Å². The Balaban J connectivity index is 1.74. The number of hydrogen-bond donors (Lipinski definition) is 1. The van der Waals surface area contributed by atoms with Crippen molar-refractivity contribution < 1.29 is 4.79 Å². The van der Waals surface area contributed by atoms with Crippen LogP contribution in [-0.2, 0) is 6.54 Å². The molecule has 1 aliphatic heterocycles. The molecule has 3 nitrogen and oxygen atoms in total. The Hall–Kier alpha value is -2.13. The van der Waals surface area contributed by atoms with Gasteiger partial charge in [-0.2, -0.15) is 0 Å². The summed E-state index contributed by atoms with van der Waals surface area (Å²) in [5.74, 6) is -0.0289. The summed E-state index contributed by atoms with van der Waals surface area (Å²) in [5.41, 5.74) is 2.72. The standard InChI is InChI=1S/C19H22N2O/c22-19(20-17-10-3-1-4-11-17)18-12-6-5-9-16(18)15-21-13-7-2-8-14-21/h1,3-6,9-12H,2,7-8,13-15H2,(H,20,22). The highest BCUT2D eigenvalue weighted by Crippen LogP contribution is 2.17. The van der Waals surface area contributed by atoms with Gasteiger partial charge in [-0.1, -0.05) is 42.8 Å². The molecule has 0 unspecified atom stereocenters. The van der Waals surface area contributed by atoms with Crippen LogP contribution in [-0.4, -0.2) is 23.9 Å². The van der Waals surface area contributed by atoms with E-state index in [1.165, 1.54) is 19.3 Å². The van der Waals surface area contributed by atoms with Crippen LogP contribution >= 0.6 is 0 Å². The molecule has 2 aromatic rings. The highest BCUT2D eigenvalue weighted by Gasteiger charge is 2.15. The Bertz CT molecular complexity index is 618. The number of hydrogen-bond acceptors (Lipinski definition) is 2. The first-order chi connectivity index (χ1) is 10.8. The summed E-state index contributed by atoms with van der Waals surface area (Å²) in [6, 6.07) is 17.5. The SMILES string of the molecule is O=C(Nc1ccccc1)c1ccccc1CN1CCCCC1. The number of rotatable bonds is 4. The van der Waals surface area contributed by atoms with Gasteiger partial charge < -0.3 is 5.32 Å². The molecule has 1 amide bonds. The van der Waals surface area contributed by atoms with Crippen molar-refractivity contribution in [2.45, 2.75) is 25.8 Å². The third-order valence-corrected chi connectivity index (χ3v) is 4.14. The van der Waals surface area contributed by atoms with Crippen LogP contribution in [0.25, 0.3) is 0 Å². The lowest BCUT2D eigenvalue weighted by atomic mass is 10.0. The number of anilines is 1. The fourth-order valence-electron chi connectivity index (χ4n) is 2.96. The first-order valence-electron chi connectivity index (χ1n) is 7.99. The maximum atomic E-state index is 12.5. The lowest BCUT2D eigenvalue weighted by molar-refractivity contribution is 0.102. The van der Waals surface area contributed by atoms with E-state index in [4.69, 9.17) is 0 Å². The second-order valence-corrected chi connectivity index (χ2v) is 5.81. The molecule has 2 aromatic carbocycles. The van der Waals surface area contributed by atoms with E-state index >= 15 is 0 Å². The largest absolute Gasteiger partial charge is 0.322 e. The molecule has 0 aromatic heterocycles. The summed E-state index contributed by atoms with van der Waals surface area (Å²) >= 11 is 0. The van der Waals surface area contributed by atoms with Gasteiger partial charge in [0.15, 0.2) is 0 Å². The van der Waals surface area contributed by atoms with Gasteiger partial charge in [0.1, 0.15) is 0 Å². The molecule has 0 bridgehead atoms. The predicted octanol–water partition coefficient (Wildman–Crippen LogP) is 3.92. The quantitative estimate of drug-likeness (QED) is 0.926. The lowest BCUT2D eigenvalue weighted by Crippen LogP contribution is -2.30. The first kappa shape index (κ1) is 14.8. The van der Waals surface area contributed by atoms with Crippen LogP contribution in [0.1, 0.15) is 35.2 Å². The molecule has 1 N–H and O–H groups in total. The molecule has 3 rings (SSSR count). The van der Waals surface area contributed by atoms with Crippen LogP contribution in [0.4, 0.5) is 5.69 Å². The number of para-hydroxylation sites is 1. The Morgan fingerprint density at radius 2 is 1.59 bits per heavy atom. The van der Waals surface area contributed by atoms with E-state index in [1.807, 2.05) is 48.5 Å². The van der Waals surface area contributed by atoms with E-state index in [-0.39, 0.29) is 5.91 Å². The van der Waals surface area contributed by atoms with E-state index in [2.05, 4.69) is 16.3 Å². The number of likely N-dealkylation sites (tertiary alicyclic amines) is 1. The van der Waals surface area contributed by atoms with Crippen LogP contribution < -0.4 is 5.32 Å². The molecular formula is C19H22N2O. The smallest absolute Gasteiger partial charge is 0.255 e. The second kappa shape index (κ2) is 7.23. The monoisotopic (exact) mass is 294 g/mol. The Kier molecular flexibility index (Phi) is 4.86. The van der Waals surface area contributed by atoms with E-state index in [0.717, 1.165) is 36.4 Å². The van der Waals surface area contributed by atoms with Crippen molar-refractivity contribution in [3.63, 3.8) is 0 Å². The first-order valence-corrected chi connectivity index (χ1v) is 7.99. The lowest BCUT2D eigenvalue weighted by Gasteiger charge is -2.27. The molecule has 0 radical (unpaired) electrons. The van der Waals surface area contributed by atoms with Gasteiger partial charge in [0.2, 0.25) is 0 Å². The van der Waals surface area contributed by atoms with E-state index in [1.54, 1.807) is 0 Å². The predicted molar refractivity (Wildman–Crippen MR) is 90.0 cm³/mol. The number of nitrogens with zero attached hydrogens (tertiary/aromatic N) is 1. The number of amides is 1. The zero-order valence-corrected chi connectivity index (χ0v) is 12.8. The zero-order chi connectivity index (χ0) is 15.2. The summed E-state index contributed by atoms with van der Waals surface area (Å²) in [7, 11) is 0. The van der Waals surface area contributed by atoms with Gasteiger partial charge in [-0.05, 0) is 49.7 Å². The molecule has 1 fully saturated rings. The number of piperidine rings is 1. The van der Waals surface area contributed by atoms with E-state index in [9.17, 15) is 4.79 Å². The van der Waals surface area contributed by atoms with Gasteiger partial charge in [-0.15, -0.1) is 0 Å². The molecule has 1 saturated heterocycles. The van der Waals surface area contributed by atoms with Crippen LogP contribution in [0.5, 0.6) is 0 Å². The minimum atomic E-state index is -0.0289. The number of carbonyl (C=O) groups is 1. The van der Waals surface area contributed by atoms with Crippen molar-refractivity contribution in [3.05, 3.63) is 65.7 Å². The van der Waals surface area contributed by atoms with Crippen molar-refractivity contribution in [3.8, 4) is 0 Å². The third-order valence-electron chi connectivity index (χ3n) is 4.14. The maximum Gasteiger partial charge on any atom is 0.255 e. The Morgan fingerprint density at radius 1 is 0.909 bits per heavy atom. The fraction of sp³-hybridized carbons (Fsp3) is 0.316. The third kappa shape index (κ3) is 3.74. The average molecular weight is 294 g/mol. The number of benzene rings is 2. The number of nitrogens with one attached hydrogen (secondary N) is 1. The van der Waals surface area contributed by atoms with Gasteiger partial charge in [0, 0.05) is 17.8 Å². The van der Waals surface area contributed by atoms with Crippen LogP contribution in [0.15, 0.2) is 54.6 Å². The number of carbonyl (C=O) groups excluding carboxylic acids is 1.